The molecule has 0 rings (SSSR count). The number of hydrogen-bond donors (Lipinski definition) is 0. The maximum atomic E-state index is 6.24. The third-order valence-electron chi connectivity index (χ3n) is 8.96. The molecule has 0 fully saturated rings. The Hall–Kier alpha value is -0.350. The van der Waals surface area contributed by atoms with Crippen LogP contribution in [0.3, 0.4) is 0 Å². The average molecular weight is 671 g/mol. The fourth-order valence-corrected chi connectivity index (χ4v) is 5.84. The lowest BCUT2D eigenvalue weighted by molar-refractivity contribution is -0.871. The van der Waals surface area contributed by atoms with Gasteiger partial charge in [-0.15, -0.1) is 0 Å². The molecule has 0 aliphatic heterocycles. The highest BCUT2D eigenvalue weighted by atomic mass is 35.5. The van der Waals surface area contributed by atoms with Gasteiger partial charge in [0.2, 0.25) is 0 Å². The second-order valence-electron chi connectivity index (χ2n) is 14.8. The Morgan fingerprint density at radius 2 is 0.696 bits per heavy atom. The Morgan fingerprint density at radius 1 is 0.413 bits per heavy atom. The maximum absolute atomic E-state index is 6.24. The van der Waals surface area contributed by atoms with Gasteiger partial charge in [0.25, 0.3) is 0 Å². The molecule has 0 amide bonds. The molecule has 0 saturated heterocycles. The number of nitrogens with zero attached hydrogens (tertiary/aromatic N) is 1. The summed E-state index contributed by atoms with van der Waals surface area (Å²) < 4.78 is 13.4. The average Bonchev–Trinajstić information content (AvgIpc) is 3.02. The van der Waals surface area contributed by atoms with E-state index in [2.05, 4.69) is 59.3 Å². The summed E-state index contributed by atoms with van der Waals surface area (Å²) in [4.78, 5) is 0. The number of hydrogen-bond acceptors (Lipinski definition) is 2. The van der Waals surface area contributed by atoms with Crippen molar-refractivity contribution in [3.05, 3.63) is 24.3 Å². The molecule has 0 aliphatic rings. The largest absolute Gasteiger partial charge is 1.00 e. The van der Waals surface area contributed by atoms with E-state index in [9.17, 15) is 0 Å². The Morgan fingerprint density at radius 3 is 1.00 bits per heavy atom. The lowest BCUT2D eigenvalue weighted by atomic mass is 10.1. The molecule has 0 heterocycles. The van der Waals surface area contributed by atoms with Gasteiger partial charge >= 0.3 is 0 Å². The molecule has 0 bridgehead atoms. The molecular weight excluding hydrogens is 586 g/mol. The summed E-state index contributed by atoms with van der Waals surface area (Å²) in [5.41, 5.74) is 0. The fourth-order valence-electron chi connectivity index (χ4n) is 5.84. The number of halogens is 1. The predicted octanol–water partition coefficient (Wildman–Crippen LogP) is 10.5. The number of quaternary nitrogens is 1. The van der Waals surface area contributed by atoms with E-state index in [0.717, 1.165) is 43.5 Å². The summed E-state index contributed by atoms with van der Waals surface area (Å²) >= 11 is 0. The van der Waals surface area contributed by atoms with E-state index >= 15 is 0 Å². The number of rotatable bonds is 37. The van der Waals surface area contributed by atoms with Gasteiger partial charge in [0.15, 0.2) is 6.29 Å². The Labute approximate surface area is 297 Å². The third kappa shape index (κ3) is 41.7. The van der Waals surface area contributed by atoms with Crippen LogP contribution >= 0.6 is 0 Å². The highest BCUT2D eigenvalue weighted by molar-refractivity contribution is 4.82. The lowest BCUT2D eigenvalue weighted by Gasteiger charge is -2.27. The quantitative estimate of drug-likeness (QED) is 0.0284. The van der Waals surface area contributed by atoms with Gasteiger partial charge in [-0.25, -0.2) is 0 Å². The maximum Gasteiger partial charge on any atom is 0.162 e. The van der Waals surface area contributed by atoms with Gasteiger partial charge < -0.3 is 26.4 Å². The zero-order valence-corrected chi connectivity index (χ0v) is 32.9. The molecule has 0 saturated carbocycles. The number of ether oxygens (including phenoxy) is 2. The highest BCUT2D eigenvalue weighted by Crippen LogP contribution is 2.13. The van der Waals surface area contributed by atoms with Crippen molar-refractivity contribution in [2.24, 2.45) is 0 Å². The Balaban J connectivity index is 0. The fraction of sp³-hybridized carbons (Fsp3) is 0.905. The van der Waals surface area contributed by atoms with Crippen LogP contribution in [0.2, 0.25) is 0 Å². The van der Waals surface area contributed by atoms with Crippen LogP contribution in [0.25, 0.3) is 0 Å². The number of allylic oxidation sites excluding steroid dienone is 4. The van der Waals surface area contributed by atoms with E-state index < -0.39 is 0 Å². The van der Waals surface area contributed by atoms with Crippen molar-refractivity contribution in [2.45, 2.75) is 206 Å². The van der Waals surface area contributed by atoms with Gasteiger partial charge in [0, 0.05) is 19.6 Å². The van der Waals surface area contributed by atoms with Gasteiger partial charge in [-0.05, 0) is 64.2 Å². The molecule has 0 unspecified atom stereocenters. The summed E-state index contributed by atoms with van der Waals surface area (Å²) in [7, 11) is 6.77. The summed E-state index contributed by atoms with van der Waals surface area (Å²) in [6, 6.07) is 0. The first-order valence-electron chi connectivity index (χ1n) is 20.3. The van der Waals surface area contributed by atoms with E-state index in [0.29, 0.717) is 0 Å². The molecule has 0 aromatic rings. The van der Waals surface area contributed by atoms with Crippen LogP contribution in [0.5, 0.6) is 0 Å². The first-order chi connectivity index (χ1) is 22.0. The van der Waals surface area contributed by atoms with Crippen LogP contribution in [0, 0.1) is 0 Å². The molecule has 0 atom stereocenters. The standard InChI is InChI=1S/C42H84NO2.ClH/c1-6-8-10-12-14-16-18-20-22-24-26-28-30-32-34-36-40-44-42(38-39-43(3,4)5)45-41-37-35-33-31-29-27-25-23-21-19-17-15-13-11-9-7-2;/h20-23,42H,6-19,24-41H2,1-5H3;1H/q+1;/p-1. The van der Waals surface area contributed by atoms with Gasteiger partial charge in [-0.3, -0.25) is 0 Å². The summed E-state index contributed by atoms with van der Waals surface area (Å²) in [5, 5.41) is 0. The van der Waals surface area contributed by atoms with Gasteiger partial charge in [-0.2, -0.15) is 0 Å². The van der Waals surface area contributed by atoms with Crippen LogP contribution in [0.1, 0.15) is 200 Å². The molecule has 46 heavy (non-hydrogen) atoms. The van der Waals surface area contributed by atoms with E-state index in [4.69, 9.17) is 9.47 Å². The molecule has 0 aliphatic carbocycles. The first kappa shape index (κ1) is 47.8. The highest BCUT2D eigenvalue weighted by Gasteiger charge is 2.15. The summed E-state index contributed by atoms with van der Waals surface area (Å²) in [6.45, 7) is 7.36. The van der Waals surface area contributed by atoms with Gasteiger partial charge in [-0.1, -0.05) is 154 Å². The summed E-state index contributed by atoms with van der Waals surface area (Å²) in [5.74, 6) is 0. The first-order valence-corrected chi connectivity index (χ1v) is 20.3. The molecule has 0 radical (unpaired) electrons. The van der Waals surface area contributed by atoms with Crippen molar-refractivity contribution in [2.75, 3.05) is 40.9 Å². The van der Waals surface area contributed by atoms with Crippen molar-refractivity contribution >= 4 is 0 Å². The van der Waals surface area contributed by atoms with E-state index in [1.807, 2.05) is 0 Å². The van der Waals surface area contributed by atoms with Crippen LogP contribution in [-0.2, 0) is 9.47 Å². The van der Waals surface area contributed by atoms with E-state index in [1.54, 1.807) is 0 Å². The Kier molecular flexibility index (Phi) is 40.6. The van der Waals surface area contributed by atoms with E-state index in [-0.39, 0.29) is 18.7 Å². The minimum Gasteiger partial charge on any atom is -1.00 e. The predicted molar refractivity (Wildman–Crippen MR) is 202 cm³/mol. The van der Waals surface area contributed by atoms with Crippen molar-refractivity contribution in [1.82, 2.24) is 0 Å². The van der Waals surface area contributed by atoms with Crippen molar-refractivity contribution < 1.29 is 26.4 Å². The van der Waals surface area contributed by atoms with Crippen LogP contribution in [-0.4, -0.2) is 51.7 Å². The van der Waals surface area contributed by atoms with Crippen molar-refractivity contribution in [1.29, 1.82) is 0 Å². The van der Waals surface area contributed by atoms with E-state index in [1.165, 1.54) is 167 Å². The summed E-state index contributed by atoms with van der Waals surface area (Å²) in [6.07, 6.45) is 48.3. The molecule has 0 aromatic heterocycles. The minimum atomic E-state index is -0.0337. The van der Waals surface area contributed by atoms with Crippen molar-refractivity contribution in [3.8, 4) is 0 Å². The lowest BCUT2D eigenvalue weighted by Crippen LogP contribution is -3.00. The second kappa shape index (κ2) is 39.1. The molecule has 0 N–H and O–H groups in total. The van der Waals surface area contributed by atoms with Crippen LogP contribution in [0.4, 0.5) is 0 Å². The Bertz CT molecular complexity index is 571. The van der Waals surface area contributed by atoms with Crippen molar-refractivity contribution in [3.63, 3.8) is 0 Å². The van der Waals surface area contributed by atoms with Gasteiger partial charge in [0.1, 0.15) is 0 Å². The topological polar surface area (TPSA) is 18.5 Å². The van der Waals surface area contributed by atoms with Gasteiger partial charge in [0.05, 0.1) is 27.7 Å². The van der Waals surface area contributed by atoms with Crippen LogP contribution < -0.4 is 12.4 Å². The third-order valence-corrected chi connectivity index (χ3v) is 8.96. The SMILES string of the molecule is CCCCCCCCC=CCCCCCCCCOC(CC[N+](C)(C)C)OCCCCCCCCC=CCCCCCCCC.[Cl-]. The molecule has 0 spiro atoms. The normalized spacial score (nSPS) is 12.8. The number of unbranched alkanes of at least 4 members (excludes halogenated alkanes) is 24. The zero-order chi connectivity index (χ0) is 32.9. The smallest absolute Gasteiger partial charge is 0.162 e. The zero-order valence-electron chi connectivity index (χ0n) is 32.2. The molecular formula is C42H84ClNO2. The second-order valence-corrected chi connectivity index (χ2v) is 14.8. The molecule has 4 heteroatoms. The monoisotopic (exact) mass is 670 g/mol. The van der Waals surface area contributed by atoms with Crippen LogP contribution in [0.15, 0.2) is 24.3 Å². The molecule has 3 nitrogen and oxygen atoms in total. The minimum absolute atomic E-state index is 0. The molecule has 276 valence electrons. The molecule has 0 aromatic carbocycles.